The minimum atomic E-state index is -4.64. The number of allylic oxidation sites excluding steroid dienone is 2. The van der Waals surface area contributed by atoms with Gasteiger partial charge in [-0.2, -0.15) is 13.2 Å². The van der Waals surface area contributed by atoms with Gasteiger partial charge in [-0.3, -0.25) is 4.79 Å². The van der Waals surface area contributed by atoms with E-state index in [-0.39, 0.29) is 12.4 Å². The molecule has 0 radical (unpaired) electrons. The van der Waals surface area contributed by atoms with Crippen molar-refractivity contribution < 1.29 is 27.1 Å². The van der Waals surface area contributed by atoms with Crippen LogP contribution in [-0.4, -0.2) is 12.1 Å². The van der Waals surface area contributed by atoms with E-state index >= 15 is 0 Å². The smallest absolute Gasteiger partial charge is 0.426 e. The van der Waals surface area contributed by atoms with Crippen molar-refractivity contribution in [1.29, 1.82) is 0 Å². The van der Waals surface area contributed by atoms with E-state index in [0.29, 0.717) is 5.56 Å². The summed E-state index contributed by atoms with van der Waals surface area (Å²) >= 11 is 5.33. The predicted octanol–water partition coefficient (Wildman–Crippen LogP) is 6.80. The van der Waals surface area contributed by atoms with E-state index in [1.807, 2.05) is 13.0 Å². The molecule has 1 aliphatic rings. The average Bonchev–Trinajstić information content (AvgIpc) is 3.20. The van der Waals surface area contributed by atoms with Crippen LogP contribution in [0.5, 0.6) is 0 Å². The van der Waals surface area contributed by atoms with Gasteiger partial charge in [0.1, 0.15) is 17.5 Å². The molecule has 0 bridgehead atoms. The summed E-state index contributed by atoms with van der Waals surface area (Å²) in [6, 6.07) is 11.6. The second-order valence-electron chi connectivity index (χ2n) is 8.04. The molecular weight excluding hydrogens is 420 g/mol. The zero-order valence-corrected chi connectivity index (χ0v) is 17.4. The van der Waals surface area contributed by atoms with Crippen molar-refractivity contribution in [1.82, 2.24) is 0 Å². The van der Waals surface area contributed by atoms with Crippen molar-refractivity contribution in [3.8, 4) is 11.1 Å². The molecule has 2 nitrogen and oxygen atoms in total. The lowest BCUT2D eigenvalue weighted by Gasteiger charge is -2.12. The standard InChI is InChI=1S/C23H21ClF4O2/c1-13-15(7-5-9-17(13)14-6-4-8-16(25)10-14)12-30-21(29)20-18(22(20,2)3)11-19(24)23(26,27)28/h4-11,18,20H,12H2,1-3H3/b19-11-/t18-,20-/m0/s1. The van der Waals surface area contributed by atoms with Crippen LogP contribution in [0.25, 0.3) is 11.1 Å². The Morgan fingerprint density at radius 2 is 1.87 bits per heavy atom. The molecule has 7 heteroatoms. The number of rotatable bonds is 5. The fraction of sp³-hybridized carbons (Fsp3) is 0.348. The molecule has 0 N–H and O–H groups in total. The molecular formula is C23H21ClF4O2. The Balaban J connectivity index is 1.72. The van der Waals surface area contributed by atoms with E-state index in [4.69, 9.17) is 16.3 Å². The molecule has 0 unspecified atom stereocenters. The first-order chi connectivity index (χ1) is 13.9. The van der Waals surface area contributed by atoms with E-state index in [1.54, 1.807) is 38.1 Å². The van der Waals surface area contributed by atoms with Crippen LogP contribution in [0.2, 0.25) is 0 Å². The number of ether oxygens (including phenoxy) is 1. The molecule has 1 saturated carbocycles. The highest BCUT2D eigenvalue weighted by Gasteiger charge is 2.62. The van der Waals surface area contributed by atoms with Crippen LogP contribution >= 0.6 is 11.6 Å². The predicted molar refractivity (Wildman–Crippen MR) is 107 cm³/mol. The number of benzene rings is 2. The SMILES string of the molecule is Cc1c(COC(=O)[C@@H]2[C@H](/C=C(\Cl)C(F)(F)F)C2(C)C)cccc1-c1cccc(F)c1. The lowest BCUT2D eigenvalue weighted by atomic mass is 9.97. The van der Waals surface area contributed by atoms with Gasteiger partial charge in [-0.25, -0.2) is 4.39 Å². The number of halogens is 5. The van der Waals surface area contributed by atoms with Gasteiger partial charge in [0.15, 0.2) is 0 Å². The van der Waals surface area contributed by atoms with Crippen LogP contribution in [0, 0.1) is 30.0 Å². The maximum atomic E-state index is 13.6. The van der Waals surface area contributed by atoms with Crippen LogP contribution in [-0.2, 0) is 16.1 Å². The first kappa shape index (κ1) is 22.3. The first-order valence-corrected chi connectivity index (χ1v) is 9.76. The zero-order chi connectivity index (χ0) is 22.3. The molecule has 0 spiro atoms. The summed E-state index contributed by atoms with van der Waals surface area (Å²) in [5.41, 5.74) is 2.43. The third-order valence-corrected chi connectivity index (χ3v) is 6.05. The molecule has 0 aliphatic heterocycles. The summed E-state index contributed by atoms with van der Waals surface area (Å²) in [5, 5.41) is -1.23. The van der Waals surface area contributed by atoms with Gasteiger partial charge < -0.3 is 4.74 Å². The molecule has 0 aromatic heterocycles. The molecule has 160 valence electrons. The van der Waals surface area contributed by atoms with Crippen molar-refractivity contribution in [2.24, 2.45) is 17.3 Å². The quantitative estimate of drug-likeness (QED) is 0.377. The van der Waals surface area contributed by atoms with Crippen LogP contribution in [0.3, 0.4) is 0 Å². The molecule has 1 fully saturated rings. The summed E-state index contributed by atoms with van der Waals surface area (Å²) in [4.78, 5) is 12.5. The molecule has 0 saturated heterocycles. The Morgan fingerprint density at radius 3 is 2.50 bits per heavy atom. The van der Waals surface area contributed by atoms with Gasteiger partial charge in [0.05, 0.1) is 5.92 Å². The number of esters is 1. The first-order valence-electron chi connectivity index (χ1n) is 9.38. The highest BCUT2D eigenvalue weighted by atomic mass is 35.5. The molecule has 1 aliphatic carbocycles. The van der Waals surface area contributed by atoms with Crippen LogP contribution in [0.15, 0.2) is 53.6 Å². The average molecular weight is 441 g/mol. The Hall–Kier alpha value is -2.34. The maximum Gasteiger partial charge on any atom is 0.426 e. The van der Waals surface area contributed by atoms with Crippen molar-refractivity contribution in [2.45, 2.75) is 33.6 Å². The topological polar surface area (TPSA) is 26.3 Å². The van der Waals surface area contributed by atoms with Crippen LogP contribution in [0.4, 0.5) is 17.6 Å². The summed E-state index contributed by atoms with van der Waals surface area (Å²) in [7, 11) is 0. The van der Waals surface area contributed by atoms with E-state index in [1.165, 1.54) is 12.1 Å². The molecule has 0 heterocycles. The molecule has 3 rings (SSSR count). The number of carbonyl (C=O) groups is 1. The van der Waals surface area contributed by atoms with Crippen LogP contribution in [0.1, 0.15) is 25.0 Å². The Bertz CT molecular complexity index is 995. The largest absolute Gasteiger partial charge is 0.461 e. The fourth-order valence-electron chi connectivity index (χ4n) is 3.74. The molecule has 2 aromatic carbocycles. The van der Waals surface area contributed by atoms with Gasteiger partial charge in [0.25, 0.3) is 0 Å². The summed E-state index contributed by atoms with van der Waals surface area (Å²) in [6.45, 7) is 5.23. The van der Waals surface area contributed by atoms with Crippen molar-refractivity contribution in [3.63, 3.8) is 0 Å². The number of carbonyl (C=O) groups excluding carboxylic acids is 1. The van der Waals surface area contributed by atoms with E-state index in [0.717, 1.165) is 22.8 Å². The molecule has 2 aromatic rings. The minimum absolute atomic E-state index is 0.0240. The number of hydrogen-bond acceptors (Lipinski definition) is 2. The van der Waals surface area contributed by atoms with Crippen molar-refractivity contribution in [3.05, 3.63) is 70.5 Å². The fourth-order valence-corrected chi connectivity index (χ4v) is 3.87. The van der Waals surface area contributed by atoms with E-state index in [2.05, 4.69) is 0 Å². The Labute approximate surface area is 177 Å². The lowest BCUT2D eigenvalue weighted by Crippen LogP contribution is -2.11. The summed E-state index contributed by atoms with van der Waals surface area (Å²) in [5.74, 6) is -2.25. The Morgan fingerprint density at radius 1 is 1.20 bits per heavy atom. The molecule has 30 heavy (non-hydrogen) atoms. The second-order valence-corrected chi connectivity index (χ2v) is 8.45. The molecule has 0 amide bonds. The third-order valence-electron chi connectivity index (χ3n) is 5.71. The normalized spacial score (nSPS) is 20.7. The van der Waals surface area contributed by atoms with Gasteiger partial charge in [0, 0.05) is 0 Å². The molecule has 2 atom stereocenters. The third kappa shape index (κ3) is 4.53. The number of hydrogen-bond donors (Lipinski definition) is 0. The van der Waals surface area contributed by atoms with Gasteiger partial charge in [-0.05, 0) is 52.6 Å². The van der Waals surface area contributed by atoms with Crippen LogP contribution < -0.4 is 0 Å². The van der Waals surface area contributed by atoms with Gasteiger partial charge in [0.2, 0.25) is 0 Å². The van der Waals surface area contributed by atoms with E-state index < -0.39 is 34.4 Å². The maximum absolute atomic E-state index is 13.6. The zero-order valence-electron chi connectivity index (χ0n) is 16.7. The van der Waals surface area contributed by atoms with Gasteiger partial charge in [-0.1, -0.05) is 61.9 Å². The number of alkyl halides is 3. The second kappa shape index (κ2) is 8.06. The monoisotopic (exact) mass is 440 g/mol. The van der Waals surface area contributed by atoms with E-state index in [9.17, 15) is 22.4 Å². The highest BCUT2D eigenvalue weighted by molar-refractivity contribution is 6.30. The Kier molecular flexibility index (Phi) is 6.01. The van der Waals surface area contributed by atoms with Crippen molar-refractivity contribution >= 4 is 17.6 Å². The highest BCUT2D eigenvalue weighted by Crippen LogP contribution is 2.60. The summed E-state index contributed by atoms with van der Waals surface area (Å²) in [6.07, 6.45) is -3.74. The van der Waals surface area contributed by atoms with Gasteiger partial charge in [-0.15, -0.1) is 0 Å². The minimum Gasteiger partial charge on any atom is -0.461 e. The lowest BCUT2D eigenvalue weighted by molar-refractivity contribution is -0.147. The van der Waals surface area contributed by atoms with Crippen molar-refractivity contribution in [2.75, 3.05) is 0 Å². The summed E-state index contributed by atoms with van der Waals surface area (Å²) < 4.78 is 57.1. The van der Waals surface area contributed by atoms with Gasteiger partial charge >= 0.3 is 12.1 Å².